The number of nitrogens with zero attached hydrogens (tertiary/aromatic N) is 1. The van der Waals surface area contributed by atoms with E-state index in [0.29, 0.717) is 11.3 Å². The number of nitriles is 1. The Labute approximate surface area is 131 Å². The number of rotatable bonds is 8. The number of nitrogens with one attached hydrogen (secondary N) is 2. The Hall–Kier alpha value is -2.53. The summed E-state index contributed by atoms with van der Waals surface area (Å²) in [4.78, 5) is 32.9. The molecule has 0 heterocycles. The van der Waals surface area contributed by atoms with Crippen molar-refractivity contribution in [1.82, 2.24) is 10.6 Å². The van der Waals surface area contributed by atoms with Crippen LogP contribution < -0.4 is 10.6 Å². The van der Waals surface area contributed by atoms with Gasteiger partial charge in [0.25, 0.3) is 0 Å². The summed E-state index contributed by atoms with van der Waals surface area (Å²) in [6.45, 7) is -0.717. The molecule has 1 rings (SSSR count). The first-order valence-corrected chi connectivity index (χ1v) is 7.48. The quantitative estimate of drug-likeness (QED) is 0.625. The third-order valence-corrected chi connectivity index (χ3v) is 3.47. The van der Waals surface area contributed by atoms with Crippen LogP contribution in [0.1, 0.15) is 11.1 Å². The lowest BCUT2D eigenvalue weighted by Crippen LogP contribution is -2.39. The Morgan fingerprint density at radius 1 is 1.09 bits per heavy atom. The van der Waals surface area contributed by atoms with Gasteiger partial charge in [-0.25, -0.2) is 0 Å². The summed E-state index contributed by atoms with van der Waals surface area (Å²) in [5, 5.41) is 21.6. The Morgan fingerprint density at radius 3 is 2.32 bits per heavy atom. The van der Waals surface area contributed by atoms with Gasteiger partial charge in [-0.3, -0.25) is 14.4 Å². The molecule has 0 aliphatic heterocycles. The molecule has 0 saturated heterocycles. The van der Waals surface area contributed by atoms with Crippen molar-refractivity contribution in [3.63, 3.8) is 0 Å². The van der Waals surface area contributed by atoms with Gasteiger partial charge in [0, 0.05) is 5.75 Å². The van der Waals surface area contributed by atoms with E-state index in [1.165, 1.54) is 11.8 Å². The molecule has 1 aromatic rings. The first kappa shape index (κ1) is 17.5. The van der Waals surface area contributed by atoms with Crippen LogP contribution in [0.3, 0.4) is 0 Å². The minimum atomic E-state index is -1.14. The number of thioether (sulfide) groups is 1. The Bertz CT molecular complexity index is 581. The molecule has 0 aromatic heterocycles. The van der Waals surface area contributed by atoms with Gasteiger partial charge in [-0.05, 0) is 17.7 Å². The van der Waals surface area contributed by atoms with Crippen molar-refractivity contribution in [2.75, 3.05) is 18.8 Å². The average Bonchev–Trinajstić information content (AvgIpc) is 2.51. The van der Waals surface area contributed by atoms with Crippen LogP contribution in [0.5, 0.6) is 0 Å². The molecule has 0 spiro atoms. The second-order valence-corrected chi connectivity index (χ2v) is 5.23. The van der Waals surface area contributed by atoms with Crippen molar-refractivity contribution in [3.05, 3.63) is 35.4 Å². The highest BCUT2D eigenvalue weighted by atomic mass is 32.2. The van der Waals surface area contributed by atoms with Crippen LogP contribution in [0.4, 0.5) is 0 Å². The van der Waals surface area contributed by atoms with E-state index in [4.69, 9.17) is 10.4 Å². The molecule has 0 saturated carbocycles. The van der Waals surface area contributed by atoms with Gasteiger partial charge < -0.3 is 15.7 Å². The molecule has 0 unspecified atom stereocenters. The van der Waals surface area contributed by atoms with Crippen molar-refractivity contribution in [1.29, 1.82) is 5.26 Å². The second kappa shape index (κ2) is 9.41. The Kier molecular flexibility index (Phi) is 7.50. The van der Waals surface area contributed by atoms with Gasteiger partial charge in [0.1, 0.15) is 6.54 Å². The van der Waals surface area contributed by atoms with E-state index in [1.807, 2.05) is 18.2 Å². The number of aliphatic carboxylic acids is 1. The van der Waals surface area contributed by atoms with Gasteiger partial charge in [-0.15, -0.1) is 11.8 Å². The number of amides is 2. The largest absolute Gasteiger partial charge is 0.480 e. The normalized spacial score (nSPS) is 9.59. The standard InChI is InChI=1S/C14H15N3O4S/c15-5-10-1-3-11(4-2-10)8-22-9-13(19)16-6-12(18)17-7-14(20)21/h1-4H,6-9H2,(H,16,19)(H,17,18)(H,20,21). The lowest BCUT2D eigenvalue weighted by atomic mass is 10.2. The van der Waals surface area contributed by atoms with Crippen LogP contribution in [0.15, 0.2) is 24.3 Å². The van der Waals surface area contributed by atoms with Crippen molar-refractivity contribution in [2.45, 2.75) is 5.75 Å². The third kappa shape index (κ3) is 7.31. The van der Waals surface area contributed by atoms with E-state index in [9.17, 15) is 14.4 Å². The molecule has 2 amide bonds. The van der Waals surface area contributed by atoms with Crippen LogP contribution in [-0.4, -0.2) is 41.7 Å². The third-order valence-electron chi connectivity index (χ3n) is 2.47. The van der Waals surface area contributed by atoms with Crippen LogP contribution in [0.25, 0.3) is 0 Å². The number of benzene rings is 1. The van der Waals surface area contributed by atoms with E-state index in [2.05, 4.69) is 10.6 Å². The lowest BCUT2D eigenvalue weighted by Gasteiger charge is -2.05. The molecule has 0 atom stereocenters. The van der Waals surface area contributed by atoms with Gasteiger partial charge in [0.2, 0.25) is 11.8 Å². The zero-order chi connectivity index (χ0) is 16.4. The maximum atomic E-state index is 11.5. The molecule has 3 N–H and O–H groups in total. The fraction of sp³-hybridized carbons (Fsp3) is 0.286. The van der Waals surface area contributed by atoms with E-state index in [1.54, 1.807) is 12.1 Å². The molecular formula is C14H15N3O4S. The molecule has 0 fully saturated rings. The minimum absolute atomic E-state index is 0.187. The SMILES string of the molecule is N#Cc1ccc(CSCC(=O)NCC(=O)NCC(=O)O)cc1. The summed E-state index contributed by atoms with van der Waals surface area (Å²) in [6, 6.07) is 9.09. The summed E-state index contributed by atoms with van der Waals surface area (Å²) in [5.74, 6) is -1.19. The molecular weight excluding hydrogens is 306 g/mol. The highest BCUT2D eigenvalue weighted by Crippen LogP contribution is 2.12. The van der Waals surface area contributed by atoms with Crippen molar-refractivity contribution in [3.8, 4) is 6.07 Å². The highest BCUT2D eigenvalue weighted by molar-refractivity contribution is 7.99. The molecule has 22 heavy (non-hydrogen) atoms. The molecule has 0 bridgehead atoms. The Morgan fingerprint density at radius 2 is 1.73 bits per heavy atom. The van der Waals surface area contributed by atoms with Gasteiger partial charge in [0.15, 0.2) is 0 Å². The maximum Gasteiger partial charge on any atom is 0.322 e. The second-order valence-electron chi connectivity index (χ2n) is 4.25. The summed E-state index contributed by atoms with van der Waals surface area (Å²) in [5.41, 5.74) is 1.58. The zero-order valence-electron chi connectivity index (χ0n) is 11.7. The molecule has 7 nitrogen and oxygen atoms in total. The Balaban J connectivity index is 2.19. The molecule has 1 aromatic carbocycles. The predicted octanol–water partition coefficient (Wildman–Crippen LogP) is 0.108. The predicted molar refractivity (Wildman–Crippen MR) is 81.0 cm³/mol. The first-order valence-electron chi connectivity index (χ1n) is 6.33. The molecule has 8 heteroatoms. The topological polar surface area (TPSA) is 119 Å². The summed E-state index contributed by atoms with van der Waals surface area (Å²) < 4.78 is 0. The molecule has 0 aliphatic rings. The van der Waals surface area contributed by atoms with Crippen LogP contribution in [0.2, 0.25) is 0 Å². The molecule has 0 aliphatic carbocycles. The van der Waals surface area contributed by atoms with Crippen molar-refractivity contribution < 1.29 is 19.5 Å². The monoisotopic (exact) mass is 321 g/mol. The zero-order valence-corrected chi connectivity index (χ0v) is 12.5. The average molecular weight is 321 g/mol. The van der Waals surface area contributed by atoms with Crippen LogP contribution in [0, 0.1) is 11.3 Å². The number of carboxylic acids is 1. The summed E-state index contributed by atoms with van der Waals surface area (Å²) >= 11 is 1.38. The van der Waals surface area contributed by atoms with Crippen molar-refractivity contribution in [2.24, 2.45) is 0 Å². The summed E-state index contributed by atoms with van der Waals surface area (Å²) in [6.07, 6.45) is 0. The first-order chi connectivity index (χ1) is 10.5. The van der Waals surface area contributed by atoms with Gasteiger partial charge in [0.05, 0.1) is 23.9 Å². The number of carboxylic acid groups (broad SMARTS) is 1. The van der Waals surface area contributed by atoms with Crippen molar-refractivity contribution >= 4 is 29.5 Å². The smallest absolute Gasteiger partial charge is 0.322 e. The number of hydrogen-bond donors (Lipinski definition) is 3. The molecule has 0 radical (unpaired) electrons. The number of carbonyl (C=O) groups excluding carboxylic acids is 2. The fourth-order valence-electron chi connectivity index (χ4n) is 1.40. The van der Waals surface area contributed by atoms with Crippen LogP contribution >= 0.6 is 11.8 Å². The van der Waals surface area contributed by atoms with E-state index >= 15 is 0 Å². The molecule has 116 valence electrons. The maximum absolute atomic E-state index is 11.5. The highest BCUT2D eigenvalue weighted by Gasteiger charge is 2.07. The fourth-order valence-corrected chi connectivity index (χ4v) is 2.22. The van der Waals surface area contributed by atoms with E-state index in [-0.39, 0.29) is 18.2 Å². The van der Waals surface area contributed by atoms with Crippen LogP contribution in [-0.2, 0) is 20.1 Å². The van der Waals surface area contributed by atoms with E-state index < -0.39 is 18.4 Å². The van der Waals surface area contributed by atoms with E-state index in [0.717, 1.165) is 5.56 Å². The van der Waals surface area contributed by atoms with Gasteiger partial charge in [-0.2, -0.15) is 5.26 Å². The summed E-state index contributed by atoms with van der Waals surface area (Å²) in [7, 11) is 0. The number of hydrogen-bond acceptors (Lipinski definition) is 5. The number of carbonyl (C=O) groups is 3. The van der Waals surface area contributed by atoms with Gasteiger partial charge in [-0.1, -0.05) is 12.1 Å². The minimum Gasteiger partial charge on any atom is -0.480 e. The van der Waals surface area contributed by atoms with Gasteiger partial charge >= 0.3 is 5.97 Å². The lowest BCUT2D eigenvalue weighted by molar-refractivity contribution is -0.137.